The van der Waals surface area contributed by atoms with Crippen molar-refractivity contribution in [1.82, 2.24) is 5.32 Å². The fourth-order valence-corrected chi connectivity index (χ4v) is 4.74. The molecule has 1 heterocycles. The standard InChI is InChI=1S/C23H37N3O2/c1-5-28-22-12-7-6-11-21(22)26-15-13-25(14-16-26)19(4)23(27)24-20-10-8-9-17(2)18(20)3/h6-7,11-12,17-20H,5,8-10,13-16H2,1-4H3,(H,24,27)/p+1/t17-,18-,19-,20-/m0/s1. The molecule has 1 saturated carbocycles. The zero-order chi connectivity index (χ0) is 20.1. The largest absolute Gasteiger partial charge is 0.492 e. The molecule has 1 amide bonds. The van der Waals surface area contributed by atoms with Gasteiger partial charge < -0.3 is 19.9 Å². The van der Waals surface area contributed by atoms with Crippen molar-refractivity contribution in [3.05, 3.63) is 24.3 Å². The monoisotopic (exact) mass is 388 g/mol. The maximum absolute atomic E-state index is 12.9. The molecule has 28 heavy (non-hydrogen) atoms. The number of piperazine rings is 1. The van der Waals surface area contributed by atoms with Gasteiger partial charge in [-0.2, -0.15) is 0 Å². The predicted molar refractivity (Wildman–Crippen MR) is 114 cm³/mol. The zero-order valence-corrected chi connectivity index (χ0v) is 18.0. The molecule has 0 aromatic heterocycles. The second-order valence-corrected chi connectivity index (χ2v) is 8.65. The fraction of sp³-hybridized carbons (Fsp3) is 0.696. The van der Waals surface area contributed by atoms with Crippen molar-refractivity contribution in [2.24, 2.45) is 11.8 Å². The molecular weight excluding hydrogens is 350 g/mol. The molecule has 0 spiro atoms. The first-order chi connectivity index (χ1) is 13.5. The van der Waals surface area contributed by atoms with Crippen LogP contribution in [0.25, 0.3) is 0 Å². The van der Waals surface area contributed by atoms with E-state index in [2.05, 4.69) is 43.1 Å². The third-order valence-electron chi connectivity index (χ3n) is 6.95. The van der Waals surface area contributed by atoms with Crippen LogP contribution in [0.2, 0.25) is 0 Å². The number of hydrogen-bond acceptors (Lipinski definition) is 3. The molecule has 1 aromatic carbocycles. The lowest BCUT2D eigenvalue weighted by molar-refractivity contribution is -0.914. The molecule has 1 aliphatic carbocycles. The second-order valence-electron chi connectivity index (χ2n) is 8.65. The maximum Gasteiger partial charge on any atom is 0.278 e. The number of ether oxygens (including phenoxy) is 1. The Hall–Kier alpha value is -1.75. The van der Waals surface area contributed by atoms with Crippen molar-refractivity contribution in [3.8, 4) is 5.75 Å². The third kappa shape index (κ3) is 4.80. The summed E-state index contributed by atoms with van der Waals surface area (Å²) < 4.78 is 5.79. The van der Waals surface area contributed by atoms with Crippen molar-refractivity contribution in [3.63, 3.8) is 0 Å². The molecule has 3 rings (SSSR count). The molecule has 2 N–H and O–H groups in total. The average Bonchev–Trinajstić information content (AvgIpc) is 2.71. The predicted octanol–water partition coefficient (Wildman–Crippen LogP) is 2.12. The highest BCUT2D eigenvalue weighted by molar-refractivity contribution is 5.80. The second kappa shape index (κ2) is 9.64. The Balaban J connectivity index is 1.53. The van der Waals surface area contributed by atoms with E-state index in [4.69, 9.17) is 4.74 Å². The first-order valence-electron chi connectivity index (χ1n) is 11.1. The minimum Gasteiger partial charge on any atom is -0.492 e. The van der Waals surface area contributed by atoms with Gasteiger partial charge in [-0.3, -0.25) is 4.79 Å². The van der Waals surface area contributed by atoms with Crippen LogP contribution in [-0.2, 0) is 4.79 Å². The van der Waals surface area contributed by atoms with E-state index >= 15 is 0 Å². The number of para-hydroxylation sites is 2. The number of nitrogens with one attached hydrogen (secondary N) is 2. The summed E-state index contributed by atoms with van der Waals surface area (Å²) in [5.41, 5.74) is 1.17. The van der Waals surface area contributed by atoms with Gasteiger partial charge in [-0.05, 0) is 44.2 Å². The van der Waals surface area contributed by atoms with Gasteiger partial charge in [0.2, 0.25) is 0 Å². The number of anilines is 1. The minimum atomic E-state index is 0.00807. The van der Waals surface area contributed by atoms with Gasteiger partial charge in [-0.15, -0.1) is 0 Å². The molecule has 5 heteroatoms. The van der Waals surface area contributed by atoms with Crippen LogP contribution in [0.3, 0.4) is 0 Å². The van der Waals surface area contributed by atoms with Crippen LogP contribution >= 0.6 is 0 Å². The number of rotatable bonds is 6. The van der Waals surface area contributed by atoms with Gasteiger partial charge in [0.1, 0.15) is 5.75 Å². The fourth-order valence-electron chi connectivity index (χ4n) is 4.74. The Kier molecular flexibility index (Phi) is 7.22. The number of hydrogen-bond donors (Lipinski definition) is 2. The molecule has 2 fully saturated rings. The summed E-state index contributed by atoms with van der Waals surface area (Å²) in [5, 5.41) is 3.37. The van der Waals surface area contributed by atoms with Gasteiger partial charge in [-0.25, -0.2) is 0 Å². The van der Waals surface area contributed by atoms with E-state index in [0.717, 1.165) is 38.3 Å². The van der Waals surface area contributed by atoms with E-state index in [1.54, 1.807) is 0 Å². The lowest BCUT2D eigenvalue weighted by Crippen LogP contribution is -3.19. The molecular formula is C23H38N3O2+. The Morgan fingerprint density at radius 3 is 2.68 bits per heavy atom. The number of nitrogens with zero attached hydrogens (tertiary/aromatic N) is 1. The van der Waals surface area contributed by atoms with Gasteiger partial charge >= 0.3 is 0 Å². The van der Waals surface area contributed by atoms with Gasteiger partial charge in [-0.1, -0.05) is 38.8 Å². The molecule has 1 aliphatic heterocycles. The summed E-state index contributed by atoms with van der Waals surface area (Å²) in [6.07, 6.45) is 3.65. The van der Waals surface area contributed by atoms with Crippen LogP contribution in [0, 0.1) is 11.8 Å². The molecule has 5 nitrogen and oxygen atoms in total. The summed E-state index contributed by atoms with van der Waals surface area (Å²) in [4.78, 5) is 16.7. The van der Waals surface area contributed by atoms with Gasteiger partial charge in [0.05, 0.1) is 38.5 Å². The number of quaternary nitrogens is 1. The summed E-state index contributed by atoms with van der Waals surface area (Å²) >= 11 is 0. The zero-order valence-electron chi connectivity index (χ0n) is 18.0. The summed E-state index contributed by atoms with van der Waals surface area (Å²) in [6, 6.07) is 8.62. The first-order valence-corrected chi connectivity index (χ1v) is 11.1. The number of carbonyl (C=O) groups excluding carboxylic acids is 1. The van der Waals surface area contributed by atoms with E-state index in [9.17, 15) is 4.79 Å². The van der Waals surface area contributed by atoms with Crippen LogP contribution in [0.15, 0.2) is 24.3 Å². The summed E-state index contributed by atoms with van der Waals surface area (Å²) in [5.74, 6) is 2.46. The van der Waals surface area contributed by atoms with E-state index < -0.39 is 0 Å². The SMILES string of the molecule is CCOc1ccccc1N1CC[NH+]([C@@H](C)C(=O)N[C@H]2CCC[C@H](C)[C@@H]2C)CC1. The van der Waals surface area contributed by atoms with Crippen LogP contribution in [0.4, 0.5) is 5.69 Å². The summed E-state index contributed by atoms with van der Waals surface area (Å²) in [7, 11) is 0. The van der Waals surface area contributed by atoms with Crippen LogP contribution in [0.5, 0.6) is 5.75 Å². The number of carbonyl (C=O) groups is 1. The molecule has 2 aliphatic rings. The Morgan fingerprint density at radius 1 is 1.25 bits per heavy atom. The van der Waals surface area contributed by atoms with Crippen molar-refractivity contribution in [1.29, 1.82) is 0 Å². The molecule has 4 atom stereocenters. The van der Waals surface area contributed by atoms with Gasteiger partial charge in [0, 0.05) is 6.04 Å². The molecule has 0 bridgehead atoms. The summed E-state index contributed by atoms with van der Waals surface area (Å²) in [6.45, 7) is 13.3. The molecule has 0 radical (unpaired) electrons. The molecule has 156 valence electrons. The van der Waals surface area contributed by atoms with Crippen LogP contribution < -0.4 is 19.9 Å². The lowest BCUT2D eigenvalue weighted by atomic mass is 9.78. The number of amides is 1. The van der Waals surface area contributed by atoms with Crippen LogP contribution in [0.1, 0.15) is 47.0 Å². The maximum atomic E-state index is 12.9. The lowest BCUT2D eigenvalue weighted by Gasteiger charge is -2.38. The molecule has 0 unspecified atom stereocenters. The smallest absolute Gasteiger partial charge is 0.278 e. The van der Waals surface area contributed by atoms with Gasteiger partial charge in [0.15, 0.2) is 6.04 Å². The normalized spacial score (nSPS) is 27.3. The molecule has 1 saturated heterocycles. The molecule has 1 aromatic rings. The highest BCUT2D eigenvalue weighted by Gasteiger charge is 2.33. The Labute approximate surface area is 170 Å². The quantitative estimate of drug-likeness (QED) is 0.785. The average molecular weight is 389 g/mol. The Bertz CT molecular complexity index is 642. The highest BCUT2D eigenvalue weighted by atomic mass is 16.5. The number of benzene rings is 1. The third-order valence-corrected chi connectivity index (χ3v) is 6.95. The van der Waals surface area contributed by atoms with Crippen molar-refractivity contribution in [2.75, 3.05) is 37.7 Å². The van der Waals surface area contributed by atoms with Crippen molar-refractivity contribution < 1.29 is 14.4 Å². The van der Waals surface area contributed by atoms with Crippen LogP contribution in [-0.4, -0.2) is 50.8 Å². The minimum absolute atomic E-state index is 0.00807. The Morgan fingerprint density at radius 2 is 1.96 bits per heavy atom. The van der Waals surface area contributed by atoms with E-state index in [0.29, 0.717) is 24.5 Å². The highest BCUT2D eigenvalue weighted by Crippen LogP contribution is 2.29. The first kappa shape index (κ1) is 21.0. The van der Waals surface area contributed by atoms with Crippen molar-refractivity contribution in [2.45, 2.75) is 59.0 Å². The topological polar surface area (TPSA) is 46.0 Å². The van der Waals surface area contributed by atoms with Crippen molar-refractivity contribution >= 4 is 11.6 Å². The van der Waals surface area contributed by atoms with E-state index in [1.807, 2.05) is 19.1 Å². The van der Waals surface area contributed by atoms with Gasteiger partial charge in [0.25, 0.3) is 5.91 Å². The van der Waals surface area contributed by atoms with E-state index in [1.165, 1.54) is 23.4 Å². The van der Waals surface area contributed by atoms with E-state index in [-0.39, 0.29) is 11.9 Å².